The van der Waals surface area contributed by atoms with Crippen molar-refractivity contribution in [1.82, 2.24) is 5.32 Å². The van der Waals surface area contributed by atoms with Gasteiger partial charge in [0.05, 0.1) is 12.1 Å². The van der Waals surface area contributed by atoms with Gasteiger partial charge < -0.3 is 10.4 Å². The van der Waals surface area contributed by atoms with E-state index in [-0.39, 0.29) is 23.5 Å². The van der Waals surface area contributed by atoms with E-state index >= 15 is 0 Å². The quantitative estimate of drug-likeness (QED) is 0.745. The number of rotatable bonds is 3. The van der Waals surface area contributed by atoms with E-state index in [0.717, 1.165) is 38.5 Å². The average molecular weight is 211 g/mol. The van der Waals surface area contributed by atoms with Gasteiger partial charge in [0.2, 0.25) is 5.91 Å². The van der Waals surface area contributed by atoms with Gasteiger partial charge in [-0.15, -0.1) is 0 Å². The third-order valence-electron chi connectivity index (χ3n) is 4.04. The minimum Gasteiger partial charge on any atom is -0.394 e. The Kier molecular flexibility index (Phi) is 2.75. The zero-order valence-corrected chi connectivity index (χ0v) is 9.51. The van der Waals surface area contributed by atoms with Gasteiger partial charge in [-0.1, -0.05) is 26.2 Å². The smallest absolute Gasteiger partial charge is 0.226 e. The first-order valence-corrected chi connectivity index (χ1v) is 6.04. The Morgan fingerprint density at radius 1 is 1.20 bits per heavy atom. The summed E-state index contributed by atoms with van der Waals surface area (Å²) in [5.74, 6) is 0.161. The molecule has 0 aromatic rings. The lowest BCUT2D eigenvalue weighted by Gasteiger charge is -2.33. The highest BCUT2D eigenvalue weighted by Gasteiger charge is 2.46. The molecule has 0 radical (unpaired) electrons. The molecule has 2 aliphatic carbocycles. The van der Waals surface area contributed by atoms with E-state index in [1.165, 1.54) is 6.42 Å². The van der Waals surface area contributed by atoms with E-state index in [4.69, 9.17) is 0 Å². The summed E-state index contributed by atoms with van der Waals surface area (Å²) in [6.45, 7) is 2.16. The first-order valence-electron chi connectivity index (χ1n) is 6.04. The number of aliphatic hydroxyl groups is 1. The SMILES string of the molecule is CC1(C(=O)NC2(CO)CC2)CCCCC1. The van der Waals surface area contributed by atoms with Crippen LogP contribution >= 0.6 is 0 Å². The Morgan fingerprint density at radius 2 is 1.80 bits per heavy atom. The molecule has 2 fully saturated rings. The lowest BCUT2D eigenvalue weighted by atomic mass is 9.75. The molecule has 0 atom stereocenters. The zero-order chi connectivity index (χ0) is 10.9. The van der Waals surface area contributed by atoms with Gasteiger partial charge in [-0.3, -0.25) is 4.79 Å². The van der Waals surface area contributed by atoms with E-state index in [2.05, 4.69) is 12.2 Å². The molecule has 0 unspecified atom stereocenters. The first kappa shape index (κ1) is 10.9. The molecule has 3 heteroatoms. The van der Waals surface area contributed by atoms with Crippen LogP contribution in [0.25, 0.3) is 0 Å². The van der Waals surface area contributed by atoms with Gasteiger partial charge >= 0.3 is 0 Å². The van der Waals surface area contributed by atoms with Crippen LogP contribution in [0, 0.1) is 5.41 Å². The fourth-order valence-corrected chi connectivity index (χ4v) is 2.42. The Bertz CT molecular complexity index is 252. The molecule has 0 saturated heterocycles. The normalized spacial score (nSPS) is 27.1. The maximum Gasteiger partial charge on any atom is 0.226 e. The maximum atomic E-state index is 12.1. The molecule has 3 nitrogen and oxygen atoms in total. The molecule has 2 rings (SSSR count). The third-order valence-corrected chi connectivity index (χ3v) is 4.04. The van der Waals surface area contributed by atoms with Crippen molar-refractivity contribution in [3.05, 3.63) is 0 Å². The van der Waals surface area contributed by atoms with Gasteiger partial charge in [0.1, 0.15) is 0 Å². The second-order valence-corrected chi connectivity index (χ2v) is 5.51. The van der Waals surface area contributed by atoms with Crippen LogP contribution in [-0.2, 0) is 4.79 Å². The highest BCUT2D eigenvalue weighted by Crippen LogP contribution is 2.40. The summed E-state index contributed by atoms with van der Waals surface area (Å²) in [5.41, 5.74) is -0.430. The molecule has 0 spiro atoms. The van der Waals surface area contributed by atoms with Crippen molar-refractivity contribution >= 4 is 5.91 Å². The molecule has 86 valence electrons. The van der Waals surface area contributed by atoms with E-state index in [0.29, 0.717) is 0 Å². The Labute approximate surface area is 91.2 Å². The Balaban J connectivity index is 1.94. The standard InChI is InChI=1S/C12H21NO2/c1-11(5-3-2-4-6-11)10(15)13-12(9-14)7-8-12/h14H,2-9H2,1H3,(H,13,15). The lowest BCUT2D eigenvalue weighted by molar-refractivity contribution is -0.133. The molecular formula is C12H21NO2. The van der Waals surface area contributed by atoms with Crippen LogP contribution in [0.4, 0.5) is 0 Å². The molecule has 0 aromatic carbocycles. The summed E-state index contributed by atoms with van der Waals surface area (Å²) in [5, 5.41) is 12.2. The van der Waals surface area contributed by atoms with Crippen molar-refractivity contribution in [2.45, 2.75) is 57.4 Å². The predicted octanol–water partition coefficient (Wildman–Crippen LogP) is 1.60. The molecule has 15 heavy (non-hydrogen) atoms. The lowest BCUT2D eigenvalue weighted by Crippen LogP contribution is -2.47. The van der Waals surface area contributed by atoms with Crippen molar-refractivity contribution in [1.29, 1.82) is 0 Å². The van der Waals surface area contributed by atoms with Crippen molar-refractivity contribution in [2.75, 3.05) is 6.61 Å². The highest BCUT2D eigenvalue weighted by molar-refractivity contribution is 5.83. The maximum absolute atomic E-state index is 12.1. The van der Waals surface area contributed by atoms with Crippen LogP contribution in [0.1, 0.15) is 51.9 Å². The Hall–Kier alpha value is -0.570. The molecule has 0 heterocycles. The van der Waals surface area contributed by atoms with Gasteiger partial charge in [-0.25, -0.2) is 0 Å². The topological polar surface area (TPSA) is 49.3 Å². The van der Waals surface area contributed by atoms with E-state index in [1.807, 2.05) is 0 Å². The van der Waals surface area contributed by atoms with Gasteiger partial charge in [0, 0.05) is 5.41 Å². The van der Waals surface area contributed by atoms with Crippen LogP contribution in [0.15, 0.2) is 0 Å². The second kappa shape index (κ2) is 3.78. The molecule has 0 aliphatic heterocycles. The number of hydrogen-bond acceptors (Lipinski definition) is 2. The molecule has 2 aliphatic rings. The number of hydrogen-bond donors (Lipinski definition) is 2. The van der Waals surface area contributed by atoms with Gasteiger partial charge in [-0.05, 0) is 25.7 Å². The summed E-state index contributed by atoms with van der Waals surface area (Å²) in [4.78, 5) is 12.1. The van der Waals surface area contributed by atoms with E-state index < -0.39 is 0 Å². The minimum atomic E-state index is -0.252. The van der Waals surface area contributed by atoms with Crippen LogP contribution in [0.5, 0.6) is 0 Å². The van der Waals surface area contributed by atoms with Crippen molar-refractivity contribution in [3.63, 3.8) is 0 Å². The number of amides is 1. The van der Waals surface area contributed by atoms with Gasteiger partial charge in [-0.2, -0.15) is 0 Å². The van der Waals surface area contributed by atoms with Crippen LogP contribution in [-0.4, -0.2) is 23.2 Å². The van der Waals surface area contributed by atoms with Crippen molar-refractivity contribution in [3.8, 4) is 0 Å². The minimum absolute atomic E-state index is 0.0921. The molecular weight excluding hydrogens is 190 g/mol. The number of aliphatic hydroxyl groups excluding tert-OH is 1. The van der Waals surface area contributed by atoms with Crippen molar-refractivity contribution < 1.29 is 9.90 Å². The van der Waals surface area contributed by atoms with E-state index in [1.54, 1.807) is 0 Å². The summed E-state index contributed by atoms with van der Waals surface area (Å²) in [6.07, 6.45) is 7.46. The number of carbonyl (C=O) groups is 1. The fraction of sp³-hybridized carbons (Fsp3) is 0.917. The van der Waals surface area contributed by atoms with Crippen LogP contribution in [0.2, 0.25) is 0 Å². The Morgan fingerprint density at radius 3 is 2.27 bits per heavy atom. The largest absolute Gasteiger partial charge is 0.394 e. The first-order chi connectivity index (χ1) is 7.10. The monoisotopic (exact) mass is 211 g/mol. The second-order valence-electron chi connectivity index (χ2n) is 5.51. The molecule has 2 N–H and O–H groups in total. The molecule has 1 amide bonds. The summed E-state index contributed by atoms with van der Waals surface area (Å²) in [6, 6.07) is 0. The predicted molar refractivity (Wildman–Crippen MR) is 58.4 cm³/mol. The molecule has 0 bridgehead atoms. The van der Waals surface area contributed by atoms with E-state index in [9.17, 15) is 9.90 Å². The van der Waals surface area contributed by atoms with Crippen LogP contribution in [0.3, 0.4) is 0 Å². The number of carbonyl (C=O) groups excluding carboxylic acids is 1. The van der Waals surface area contributed by atoms with Gasteiger partial charge in [0.25, 0.3) is 0 Å². The summed E-state index contributed by atoms with van der Waals surface area (Å²) < 4.78 is 0. The highest BCUT2D eigenvalue weighted by atomic mass is 16.3. The third kappa shape index (κ3) is 2.17. The zero-order valence-electron chi connectivity index (χ0n) is 9.51. The van der Waals surface area contributed by atoms with Crippen molar-refractivity contribution in [2.24, 2.45) is 5.41 Å². The summed E-state index contributed by atoms with van der Waals surface area (Å²) in [7, 11) is 0. The fourth-order valence-electron chi connectivity index (χ4n) is 2.42. The number of nitrogens with one attached hydrogen (secondary N) is 1. The molecule has 0 aromatic heterocycles. The summed E-state index contributed by atoms with van der Waals surface area (Å²) >= 11 is 0. The van der Waals surface area contributed by atoms with Gasteiger partial charge in [0.15, 0.2) is 0 Å². The van der Waals surface area contributed by atoms with Crippen LogP contribution < -0.4 is 5.32 Å². The molecule has 2 saturated carbocycles. The average Bonchev–Trinajstić information content (AvgIpc) is 3.00.